The Bertz CT molecular complexity index is 522. The average Bonchev–Trinajstić information content (AvgIpc) is 2.52. The standard InChI is InChI=1S/C13H11NO2.2C2H6/c1-14-9-11(13(15)16)7-8-12(14)10-5-3-2-4-6-10;2*1-2/h2-9H,1H3;2*1-2H3/p+1. The number of aromatic nitrogens is 1. The maximum atomic E-state index is 10.8. The lowest BCUT2D eigenvalue weighted by molar-refractivity contribution is -0.660. The molecule has 0 saturated carbocycles. The van der Waals surface area contributed by atoms with Crippen LogP contribution in [0.15, 0.2) is 48.7 Å². The molecule has 0 amide bonds. The van der Waals surface area contributed by atoms with Gasteiger partial charge in [0.1, 0.15) is 12.6 Å². The van der Waals surface area contributed by atoms with E-state index in [9.17, 15) is 4.79 Å². The topological polar surface area (TPSA) is 41.2 Å². The van der Waals surface area contributed by atoms with Gasteiger partial charge in [0.2, 0.25) is 5.69 Å². The van der Waals surface area contributed by atoms with Crippen molar-refractivity contribution in [2.75, 3.05) is 0 Å². The van der Waals surface area contributed by atoms with Gasteiger partial charge in [-0.05, 0) is 18.2 Å². The van der Waals surface area contributed by atoms with Crippen molar-refractivity contribution in [3.8, 4) is 11.3 Å². The second-order valence-electron chi connectivity index (χ2n) is 3.59. The summed E-state index contributed by atoms with van der Waals surface area (Å²) in [6.07, 6.45) is 1.62. The Morgan fingerprint density at radius 1 is 0.950 bits per heavy atom. The molecule has 1 N–H and O–H groups in total. The predicted molar refractivity (Wildman–Crippen MR) is 82.7 cm³/mol. The molecule has 1 aromatic carbocycles. The van der Waals surface area contributed by atoms with Crippen LogP contribution in [-0.4, -0.2) is 11.1 Å². The first-order valence-corrected chi connectivity index (χ1v) is 6.97. The van der Waals surface area contributed by atoms with E-state index in [1.165, 1.54) is 0 Å². The molecule has 0 aliphatic carbocycles. The number of pyridine rings is 1. The zero-order valence-corrected chi connectivity index (χ0v) is 12.9. The maximum absolute atomic E-state index is 10.8. The highest BCUT2D eigenvalue weighted by Crippen LogP contribution is 2.14. The van der Waals surface area contributed by atoms with Crippen molar-refractivity contribution < 1.29 is 14.5 Å². The molecule has 2 rings (SSSR count). The van der Waals surface area contributed by atoms with Crippen molar-refractivity contribution in [3.63, 3.8) is 0 Å². The molecule has 0 fully saturated rings. The lowest BCUT2D eigenvalue weighted by Gasteiger charge is -2.00. The van der Waals surface area contributed by atoms with Crippen LogP contribution in [0.3, 0.4) is 0 Å². The quantitative estimate of drug-likeness (QED) is 0.843. The first-order chi connectivity index (χ1) is 9.68. The number of carbonyl (C=O) groups is 1. The molecular weight excluding hydrogens is 250 g/mol. The summed E-state index contributed by atoms with van der Waals surface area (Å²) in [5, 5.41) is 8.86. The van der Waals surface area contributed by atoms with Crippen molar-refractivity contribution in [2.24, 2.45) is 7.05 Å². The number of aryl methyl sites for hydroxylation is 1. The van der Waals surface area contributed by atoms with Gasteiger partial charge in [0, 0.05) is 11.6 Å². The molecule has 108 valence electrons. The molecule has 0 saturated heterocycles. The fraction of sp³-hybridized carbons (Fsp3) is 0.294. The molecule has 0 bridgehead atoms. The number of carboxylic acid groups (broad SMARTS) is 1. The van der Waals surface area contributed by atoms with E-state index >= 15 is 0 Å². The summed E-state index contributed by atoms with van der Waals surface area (Å²) in [7, 11) is 1.84. The molecule has 0 unspecified atom stereocenters. The second kappa shape index (κ2) is 9.73. The van der Waals surface area contributed by atoms with Crippen LogP contribution < -0.4 is 4.57 Å². The van der Waals surface area contributed by atoms with Gasteiger partial charge in [-0.2, -0.15) is 0 Å². The first-order valence-electron chi connectivity index (χ1n) is 6.97. The number of rotatable bonds is 2. The zero-order valence-electron chi connectivity index (χ0n) is 12.9. The highest BCUT2D eigenvalue weighted by atomic mass is 16.4. The summed E-state index contributed by atoms with van der Waals surface area (Å²) < 4.78 is 1.82. The van der Waals surface area contributed by atoms with Crippen LogP contribution in [0.5, 0.6) is 0 Å². The van der Waals surface area contributed by atoms with E-state index in [-0.39, 0.29) is 0 Å². The van der Waals surface area contributed by atoms with Gasteiger partial charge in [-0.1, -0.05) is 45.9 Å². The normalized spacial score (nSPS) is 8.65. The monoisotopic (exact) mass is 274 g/mol. The largest absolute Gasteiger partial charge is 0.477 e. The molecule has 0 aliphatic heterocycles. The zero-order chi connectivity index (χ0) is 15.5. The minimum absolute atomic E-state index is 0.294. The fourth-order valence-electron chi connectivity index (χ4n) is 1.64. The lowest BCUT2D eigenvalue weighted by atomic mass is 10.1. The summed E-state index contributed by atoms with van der Waals surface area (Å²) >= 11 is 0. The number of hydrogen-bond donors (Lipinski definition) is 1. The smallest absolute Gasteiger partial charge is 0.341 e. The van der Waals surface area contributed by atoms with Crippen LogP contribution in [0, 0.1) is 0 Å². The minimum atomic E-state index is -0.907. The van der Waals surface area contributed by atoms with Gasteiger partial charge in [0.05, 0.1) is 0 Å². The van der Waals surface area contributed by atoms with Crippen LogP contribution in [0.25, 0.3) is 11.3 Å². The van der Waals surface area contributed by atoms with Gasteiger partial charge in [-0.3, -0.25) is 0 Å². The van der Waals surface area contributed by atoms with Crippen LogP contribution in [-0.2, 0) is 7.05 Å². The Kier molecular flexibility index (Phi) is 8.68. The number of benzene rings is 1. The molecule has 3 nitrogen and oxygen atoms in total. The van der Waals surface area contributed by atoms with Crippen molar-refractivity contribution in [1.82, 2.24) is 0 Å². The minimum Gasteiger partial charge on any atom is -0.477 e. The van der Waals surface area contributed by atoms with Gasteiger partial charge in [0.15, 0.2) is 6.20 Å². The van der Waals surface area contributed by atoms with E-state index in [0.717, 1.165) is 11.3 Å². The van der Waals surface area contributed by atoms with Crippen molar-refractivity contribution in [1.29, 1.82) is 0 Å². The van der Waals surface area contributed by atoms with Crippen molar-refractivity contribution >= 4 is 5.97 Å². The maximum Gasteiger partial charge on any atom is 0.341 e. The predicted octanol–water partition coefficient (Wildman–Crippen LogP) is 3.93. The molecule has 1 heterocycles. The van der Waals surface area contributed by atoms with Crippen LogP contribution >= 0.6 is 0 Å². The number of nitrogens with zero attached hydrogens (tertiary/aromatic N) is 1. The Balaban J connectivity index is 0.000000829. The summed E-state index contributed by atoms with van der Waals surface area (Å²) in [6, 6.07) is 13.3. The van der Waals surface area contributed by atoms with Crippen molar-refractivity contribution in [3.05, 3.63) is 54.2 Å². The molecule has 20 heavy (non-hydrogen) atoms. The van der Waals surface area contributed by atoms with Gasteiger partial charge in [-0.25, -0.2) is 9.36 Å². The van der Waals surface area contributed by atoms with Gasteiger partial charge < -0.3 is 5.11 Å². The lowest BCUT2D eigenvalue weighted by Crippen LogP contribution is -2.31. The number of aromatic carboxylic acids is 1. The van der Waals surface area contributed by atoms with Crippen LogP contribution in [0.4, 0.5) is 0 Å². The molecule has 2 aromatic rings. The fourth-order valence-corrected chi connectivity index (χ4v) is 1.64. The highest BCUT2D eigenvalue weighted by Gasteiger charge is 2.13. The van der Waals surface area contributed by atoms with E-state index in [4.69, 9.17) is 5.11 Å². The third-order valence-electron chi connectivity index (χ3n) is 2.45. The van der Waals surface area contributed by atoms with E-state index in [1.807, 2.05) is 75.7 Å². The Hall–Kier alpha value is -2.16. The summed E-state index contributed by atoms with van der Waals surface area (Å²) in [5.41, 5.74) is 2.36. The molecule has 0 radical (unpaired) electrons. The molecule has 0 atom stereocenters. The van der Waals surface area contributed by atoms with E-state index in [1.54, 1.807) is 12.3 Å². The van der Waals surface area contributed by atoms with E-state index in [2.05, 4.69) is 0 Å². The number of hydrogen-bond acceptors (Lipinski definition) is 1. The summed E-state index contributed by atoms with van der Waals surface area (Å²) in [5.74, 6) is -0.907. The number of carboxylic acids is 1. The average molecular weight is 274 g/mol. The van der Waals surface area contributed by atoms with Gasteiger partial charge >= 0.3 is 5.97 Å². The van der Waals surface area contributed by atoms with Crippen molar-refractivity contribution in [2.45, 2.75) is 27.7 Å². The third kappa shape index (κ3) is 4.84. The molecule has 0 aliphatic rings. The Morgan fingerprint density at radius 2 is 1.50 bits per heavy atom. The van der Waals surface area contributed by atoms with Gasteiger partial charge in [-0.15, -0.1) is 0 Å². The van der Waals surface area contributed by atoms with E-state index in [0.29, 0.717) is 5.56 Å². The molecule has 1 aromatic heterocycles. The second-order valence-corrected chi connectivity index (χ2v) is 3.59. The molecule has 3 heteroatoms. The van der Waals surface area contributed by atoms with E-state index < -0.39 is 5.97 Å². The third-order valence-corrected chi connectivity index (χ3v) is 2.45. The highest BCUT2D eigenvalue weighted by molar-refractivity contribution is 5.87. The van der Waals surface area contributed by atoms with Gasteiger partial charge in [0.25, 0.3) is 0 Å². The first kappa shape index (κ1) is 17.8. The Morgan fingerprint density at radius 3 is 1.95 bits per heavy atom. The summed E-state index contributed by atoms with van der Waals surface area (Å²) in [6.45, 7) is 8.00. The molecular formula is C17H24NO2+. The van der Waals surface area contributed by atoms with Crippen LogP contribution in [0.2, 0.25) is 0 Å². The summed E-state index contributed by atoms with van der Waals surface area (Å²) in [4.78, 5) is 10.8. The van der Waals surface area contributed by atoms with Crippen LogP contribution in [0.1, 0.15) is 38.1 Å². The Labute approximate surface area is 121 Å². The molecule has 0 spiro atoms. The SMILES string of the molecule is CC.CC.C[n+]1cc(C(=O)O)ccc1-c1ccccc1.